The van der Waals surface area contributed by atoms with Crippen LogP contribution in [0.15, 0.2) is 72.1 Å². The summed E-state index contributed by atoms with van der Waals surface area (Å²) >= 11 is 0. The minimum Gasteiger partial charge on any atom is -0.494 e. The first-order valence-electron chi connectivity index (χ1n) is 7.80. The van der Waals surface area contributed by atoms with Crippen LogP contribution in [0.5, 0.6) is 0 Å². The summed E-state index contributed by atoms with van der Waals surface area (Å²) in [6, 6.07) is 19.8. The van der Waals surface area contributed by atoms with Crippen molar-refractivity contribution >= 4 is 11.4 Å². The predicted octanol–water partition coefficient (Wildman–Crippen LogP) is 3.79. The third-order valence-electron chi connectivity index (χ3n) is 4.00. The van der Waals surface area contributed by atoms with Gasteiger partial charge in [0.05, 0.1) is 0 Å². The molecule has 1 heterocycles. The molecule has 2 aromatic rings. The van der Waals surface area contributed by atoms with Crippen LogP contribution in [-0.2, 0) is 6.54 Å². The number of benzene rings is 2. The van der Waals surface area contributed by atoms with Gasteiger partial charge in [0, 0.05) is 43.0 Å². The highest BCUT2D eigenvalue weighted by atomic mass is 16.3. The summed E-state index contributed by atoms with van der Waals surface area (Å²) in [4.78, 5) is 2.26. The lowest BCUT2D eigenvalue weighted by atomic mass is 10.0. The van der Waals surface area contributed by atoms with Crippen molar-refractivity contribution in [1.29, 1.82) is 5.41 Å². The Labute approximate surface area is 136 Å². The molecular formula is C19H21N3O. The summed E-state index contributed by atoms with van der Waals surface area (Å²) in [6.45, 7) is 2.26. The lowest BCUT2D eigenvalue weighted by Gasteiger charge is -2.29. The number of nitrogens with zero attached hydrogens (tertiary/aromatic N) is 1. The van der Waals surface area contributed by atoms with Crippen LogP contribution in [0.4, 0.5) is 5.69 Å². The van der Waals surface area contributed by atoms with Gasteiger partial charge in [-0.3, -0.25) is 4.90 Å². The molecule has 1 saturated heterocycles. The number of rotatable bonds is 4. The van der Waals surface area contributed by atoms with Crippen molar-refractivity contribution in [2.75, 3.05) is 18.4 Å². The minimum absolute atomic E-state index is 0.0824. The maximum atomic E-state index is 10.4. The Hall–Kier alpha value is -2.59. The molecule has 23 heavy (non-hydrogen) atoms. The van der Waals surface area contributed by atoms with Gasteiger partial charge in [-0.1, -0.05) is 48.5 Å². The van der Waals surface area contributed by atoms with Crippen LogP contribution in [-0.4, -0.2) is 28.8 Å². The molecule has 0 atom stereocenters. The number of hydrogen-bond acceptors (Lipinski definition) is 4. The topological polar surface area (TPSA) is 59.4 Å². The third kappa shape index (κ3) is 3.99. The van der Waals surface area contributed by atoms with Crippen LogP contribution in [0, 0.1) is 5.41 Å². The molecule has 1 aliphatic heterocycles. The Morgan fingerprint density at radius 3 is 2.39 bits per heavy atom. The third-order valence-corrected chi connectivity index (χ3v) is 4.00. The Kier molecular flexibility index (Phi) is 4.74. The van der Waals surface area contributed by atoms with Gasteiger partial charge in [0.15, 0.2) is 5.88 Å². The summed E-state index contributed by atoms with van der Waals surface area (Å²) in [5.41, 5.74) is 3.26. The number of piperidine rings is 1. The van der Waals surface area contributed by atoms with E-state index in [0.29, 0.717) is 24.3 Å². The Balaban J connectivity index is 1.72. The quantitative estimate of drug-likeness (QED) is 0.753. The lowest BCUT2D eigenvalue weighted by molar-refractivity contribution is 0.282. The average Bonchev–Trinajstić information content (AvgIpc) is 2.58. The number of hydrogen-bond donors (Lipinski definition) is 3. The van der Waals surface area contributed by atoms with E-state index in [1.807, 2.05) is 48.5 Å². The van der Waals surface area contributed by atoms with Crippen LogP contribution in [0.1, 0.15) is 12.0 Å². The van der Waals surface area contributed by atoms with E-state index in [9.17, 15) is 5.11 Å². The van der Waals surface area contributed by atoms with E-state index >= 15 is 0 Å². The van der Waals surface area contributed by atoms with Crippen LogP contribution in [0.2, 0.25) is 0 Å². The van der Waals surface area contributed by atoms with E-state index in [-0.39, 0.29) is 5.88 Å². The average molecular weight is 307 g/mol. The van der Waals surface area contributed by atoms with Gasteiger partial charge in [-0.15, -0.1) is 0 Å². The zero-order chi connectivity index (χ0) is 16.1. The Morgan fingerprint density at radius 2 is 1.70 bits per heavy atom. The van der Waals surface area contributed by atoms with Crippen LogP contribution < -0.4 is 5.32 Å². The summed E-state index contributed by atoms with van der Waals surface area (Å²) in [7, 11) is 0. The van der Waals surface area contributed by atoms with Gasteiger partial charge in [0.2, 0.25) is 0 Å². The monoisotopic (exact) mass is 307 g/mol. The van der Waals surface area contributed by atoms with Crippen molar-refractivity contribution in [3.8, 4) is 0 Å². The summed E-state index contributed by atoms with van der Waals surface area (Å²) in [5.74, 6) is 0.0824. The molecule has 4 heteroatoms. The van der Waals surface area contributed by atoms with E-state index in [2.05, 4.69) is 22.3 Å². The number of likely N-dealkylation sites (tertiary alicyclic amines) is 1. The van der Waals surface area contributed by atoms with Crippen molar-refractivity contribution in [2.45, 2.75) is 13.0 Å². The van der Waals surface area contributed by atoms with E-state index in [0.717, 1.165) is 18.8 Å². The van der Waals surface area contributed by atoms with Gasteiger partial charge in [0.25, 0.3) is 0 Å². The fourth-order valence-corrected chi connectivity index (χ4v) is 2.75. The Bertz CT molecular complexity index is 695. The van der Waals surface area contributed by atoms with Crippen LogP contribution >= 0.6 is 0 Å². The van der Waals surface area contributed by atoms with E-state index in [1.54, 1.807) is 0 Å². The minimum atomic E-state index is 0.0824. The summed E-state index contributed by atoms with van der Waals surface area (Å²) in [5, 5.41) is 21.5. The standard InChI is InChI=1S/C19H21N3O/c20-18-11-12-22(13-15-7-3-1-4-8-15)14-17(18)19(23)21-16-9-5-2-6-10-16/h1-10,20-21,23H,11-14H2/b19-17+,20-18?. The zero-order valence-corrected chi connectivity index (χ0v) is 13.0. The number of aliphatic hydroxyl groups excluding tert-OH is 1. The molecule has 0 radical (unpaired) electrons. The van der Waals surface area contributed by atoms with Gasteiger partial charge in [-0.25, -0.2) is 0 Å². The number of anilines is 1. The molecule has 0 bridgehead atoms. The molecule has 0 amide bonds. The smallest absolute Gasteiger partial charge is 0.195 e. The van der Waals surface area contributed by atoms with Crippen molar-refractivity contribution in [3.63, 3.8) is 0 Å². The maximum absolute atomic E-state index is 10.4. The van der Waals surface area contributed by atoms with Gasteiger partial charge in [0.1, 0.15) is 0 Å². The van der Waals surface area contributed by atoms with E-state index in [1.165, 1.54) is 5.56 Å². The molecule has 3 N–H and O–H groups in total. The number of nitrogens with one attached hydrogen (secondary N) is 2. The fraction of sp³-hybridized carbons (Fsp3) is 0.211. The molecule has 4 nitrogen and oxygen atoms in total. The molecule has 118 valence electrons. The van der Waals surface area contributed by atoms with Crippen molar-refractivity contribution in [3.05, 3.63) is 77.7 Å². The molecule has 3 rings (SSSR count). The summed E-state index contributed by atoms with van der Waals surface area (Å²) in [6.07, 6.45) is 0.655. The lowest BCUT2D eigenvalue weighted by Crippen LogP contribution is -2.36. The molecule has 0 spiro atoms. The Morgan fingerprint density at radius 1 is 1.04 bits per heavy atom. The van der Waals surface area contributed by atoms with Gasteiger partial charge in [-0.2, -0.15) is 0 Å². The van der Waals surface area contributed by atoms with Crippen molar-refractivity contribution in [2.24, 2.45) is 0 Å². The first kappa shape index (κ1) is 15.3. The second-order valence-electron chi connectivity index (χ2n) is 5.74. The predicted molar refractivity (Wildman–Crippen MR) is 93.8 cm³/mol. The molecule has 1 aliphatic rings. The van der Waals surface area contributed by atoms with Crippen molar-refractivity contribution in [1.82, 2.24) is 4.90 Å². The molecular weight excluding hydrogens is 286 g/mol. The highest BCUT2D eigenvalue weighted by Crippen LogP contribution is 2.19. The molecule has 0 saturated carbocycles. The van der Waals surface area contributed by atoms with Gasteiger partial charge >= 0.3 is 0 Å². The normalized spacial score (nSPS) is 17.8. The van der Waals surface area contributed by atoms with Crippen molar-refractivity contribution < 1.29 is 5.11 Å². The zero-order valence-electron chi connectivity index (χ0n) is 13.0. The molecule has 1 fully saturated rings. The van der Waals surface area contributed by atoms with Crippen LogP contribution in [0.25, 0.3) is 0 Å². The molecule has 0 aliphatic carbocycles. The van der Waals surface area contributed by atoms with E-state index in [4.69, 9.17) is 5.41 Å². The fourth-order valence-electron chi connectivity index (χ4n) is 2.75. The first-order chi connectivity index (χ1) is 11.2. The second kappa shape index (κ2) is 7.11. The number of aliphatic hydroxyl groups is 1. The highest BCUT2D eigenvalue weighted by Gasteiger charge is 2.22. The molecule has 2 aromatic carbocycles. The van der Waals surface area contributed by atoms with Crippen LogP contribution in [0.3, 0.4) is 0 Å². The second-order valence-corrected chi connectivity index (χ2v) is 5.74. The van der Waals surface area contributed by atoms with E-state index < -0.39 is 0 Å². The maximum Gasteiger partial charge on any atom is 0.195 e. The molecule has 0 unspecified atom stereocenters. The van der Waals surface area contributed by atoms with Gasteiger partial charge < -0.3 is 15.8 Å². The SMILES string of the molecule is N=C1CCN(Cc2ccccc2)C/C1=C(\O)Nc1ccccc1. The first-order valence-corrected chi connectivity index (χ1v) is 7.80. The number of para-hydroxylation sites is 1. The highest BCUT2D eigenvalue weighted by molar-refractivity contribution is 5.99. The van der Waals surface area contributed by atoms with Gasteiger partial charge in [-0.05, 0) is 17.7 Å². The molecule has 0 aromatic heterocycles. The largest absolute Gasteiger partial charge is 0.494 e. The summed E-state index contributed by atoms with van der Waals surface area (Å²) < 4.78 is 0.